The topological polar surface area (TPSA) is 85.9 Å². The molecule has 0 saturated carbocycles. The number of amides is 2. The van der Waals surface area contributed by atoms with E-state index < -0.39 is 30.0 Å². The van der Waals surface area contributed by atoms with Crippen LogP contribution in [0.25, 0.3) is 0 Å². The zero-order chi connectivity index (χ0) is 22.9. The predicted octanol–water partition coefficient (Wildman–Crippen LogP) is 3.15. The largest absolute Gasteiger partial charge is 0.494 e. The summed E-state index contributed by atoms with van der Waals surface area (Å²) in [6, 6.07) is 5.41. The summed E-state index contributed by atoms with van der Waals surface area (Å²) in [7, 11) is -0.609. The van der Waals surface area contributed by atoms with E-state index in [4.69, 9.17) is 14.0 Å². The molecular weight excluding hydrogens is 383 g/mol. The lowest BCUT2D eigenvalue weighted by molar-refractivity contribution is 0.00578. The lowest BCUT2D eigenvalue weighted by Crippen LogP contribution is -2.41. The van der Waals surface area contributed by atoms with Crippen LogP contribution in [0.4, 0.5) is 4.79 Å². The van der Waals surface area contributed by atoms with E-state index in [1.165, 1.54) is 0 Å². The molecule has 1 aromatic rings. The van der Waals surface area contributed by atoms with Crippen molar-refractivity contribution in [3.63, 3.8) is 0 Å². The molecule has 0 bridgehead atoms. The van der Waals surface area contributed by atoms with Gasteiger partial charge in [0, 0.05) is 18.2 Å². The van der Waals surface area contributed by atoms with Gasteiger partial charge in [0.2, 0.25) is 0 Å². The summed E-state index contributed by atoms with van der Waals surface area (Å²) in [5, 5.41) is 5.64. The third-order valence-electron chi connectivity index (χ3n) is 5.06. The molecule has 1 heterocycles. The van der Waals surface area contributed by atoms with Crippen molar-refractivity contribution >= 4 is 24.6 Å². The molecular formula is C22H35BN2O5. The zero-order valence-electron chi connectivity index (χ0n) is 19.6. The maximum absolute atomic E-state index is 12.7. The Morgan fingerprint density at radius 2 is 1.63 bits per heavy atom. The van der Waals surface area contributed by atoms with E-state index in [-0.39, 0.29) is 18.5 Å². The van der Waals surface area contributed by atoms with Crippen LogP contribution in [0.2, 0.25) is 0 Å². The van der Waals surface area contributed by atoms with Gasteiger partial charge in [-0.3, -0.25) is 4.79 Å². The number of benzene rings is 1. The normalized spacial score (nSPS) is 17.7. The van der Waals surface area contributed by atoms with Crippen LogP contribution >= 0.6 is 0 Å². The van der Waals surface area contributed by atoms with Crippen LogP contribution in [-0.4, -0.2) is 42.0 Å². The first kappa shape index (κ1) is 24.2. The van der Waals surface area contributed by atoms with Crippen LogP contribution in [0, 0.1) is 0 Å². The quantitative estimate of drug-likeness (QED) is 0.718. The standard InChI is InChI=1S/C22H35BN2O5/c1-14(2)25-18(26)16-10-15(13-24-19(27)28-20(3,4)5)11-17(12-16)23-29-21(6,7)22(8,9)30-23/h10-12,14H,13H2,1-9H3,(H,24,27)(H,25,26). The van der Waals surface area contributed by atoms with Crippen LogP contribution in [0.3, 0.4) is 0 Å². The SMILES string of the molecule is CC(C)NC(=O)c1cc(CNC(=O)OC(C)(C)C)cc(B2OC(C)(C)C(C)(C)O2)c1. The van der Waals surface area contributed by atoms with Gasteiger partial charge in [-0.15, -0.1) is 0 Å². The van der Waals surface area contributed by atoms with E-state index in [1.807, 2.05) is 47.6 Å². The summed E-state index contributed by atoms with van der Waals surface area (Å²) in [4.78, 5) is 24.7. The van der Waals surface area contributed by atoms with E-state index in [2.05, 4.69) is 10.6 Å². The van der Waals surface area contributed by atoms with Crippen molar-refractivity contribution in [2.24, 2.45) is 0 Å². The van der Waals surface area contributed by atoms with Crippen LogP contribution in [-0.2, 0) is 20.6 Å². The molecule has 8 heteroatoms. The van der Waals surface area contributed by atoms with E-state index in [0.717, 1.165) is 11.0 Å². The lowest BCUT2D eigenvalue weighted by atomic mass is 9.77. The van der Waals surface area contributed by atoms with Crippen molar-refractivity contribution in [1.29, 1.82) is 0 Å². The fraction of sp³-hybridized carbons (Fsp3) is 0.636. The Balaban J connectivity index is 2.30. The Morgan fingerprint density at radius 3 is 2.13 bits per heavy atom. The number of hydrogen-bond donors (Lipinski definition) is 2. The smallest absolute Gasteiger partial charge is 0.444 e. The highest BCUT2D eigenvalue weighted by molar-refractivity contribution is 6.62. The van der Waals surface area contributed by atoms with Crippen LogP contribution < -0.4 is 16.1 Å². The van der Waals surface area contributed by atoms with Crippen molar-refractivity contribution in [2.75, 3.05) is 0 Å². The monoisotopic (exact) mass is 418 g/mol. The minimum atomic E-state index is -0.609. The first-order valence-electron chi connectivity index (χ1n) is 10.4. The van der Waals surface area contributed by atoms with Crippen molar-refractivity contribution in [2.45, 2.75) is 91.7 Å². The second kappa shape index (κ2) is 8.59. The third-order valence-corrected chi connectivity index (χ3v) is 5.06. The molecule has 30 heavy (non-hydrogen) atoms. The highest BCUT2D eigenvalue weighted by Crippen LogP contribution is 2.36. The maximum atomic E-state index is 12.7. The Hall–Kier alpha value is -2.06. The summed E-state index contributed by atoms with van der Waals surface area (Å²) >= 11 is 0. The van der Waals surface area contributed by atoms with E-state index >= 15 is 0 Å². The van der Waals surface area contributed by atoms with Gasteiger partial charge in [-0.05, 0) is 85.5 Å². The molecule has 1 fully saturated rings. The average molecular weight is 418 g/mol. The molecule has 0 aliphatic carbocycles. The summed E-state index contributed by atoms with van der Waals surface area (Å²) in [6.45, 7) is 17.4. The van der Waals surface area contributed by atoms with Gasteiger partial charge in [-0.2, -0.15) is 0 Å². The number of hydrogen-bond acceptors (Lipinski definition) is 5. The van der Waals surface area contributed by atoms with Crippen LogP contribution in [0.15, 0.2) is 18.2 Å². The molecule has 2 N–H and O–H groups in total. The van der Waals surface area contributed by atoms with E-state index in [1.54, 1.807) is 32.9 Å². The molecule has 7 nitrogen and oxygen atoms in total. The number of carbonyl (C=O) groups excluding carboxylic acids is 2. The number of carbonyl (C=O) groups is 2. The van der Waals surface area contributed by atoms with Gasteiger partial charge in [0.15, 0.2) is 0 Å². The van der Waals surface area contributed by atoms with Crippen molar-refractivity contribution in [1.82, 2.24) is 10.6 Å². The van der Waals surface area contributed by atoms with Gasteiger partial charge in [-0.25, -0.2) is 4.79 Å². The molecule has 0 aromatic heterocycles. The Labute approximate surface area is 180 Å². The minimum Gasteiger partial charge on any atom is -0.444 e. The Morgan fingerprint density at radius 1 is 1.07 bits per heavy atom. The first-order valence-corrected chi connectivity index (χ1v) is 10.4. The predicted molar refractivity (Wildman–Crippen MR) is 118 cm³/mol. The van der Waals surface area contributed by atoms with Gasteiger partial charge in [0.05, 0.1) is 11.2 Å². The van der Waals surface area contributed by atoms with Crippen molar-refractivity contribution < 1.29 is 23.6 Å². The molecule has 0 atom stereocenters. The van der Waals surface area contributed by atoms with Crippen LogP contribution in [0.1, 0.15) is 78.2 Å². The van der Waals surface area contributed by atoms with Gasteiger partial charge in [0.1, 0.15) is 5.60 Å². The first-order chi connectivity index (χ1) is 13.6. The minimum absolute atomic E-state index is 0.00124. The molecule has 0 spiro atoms. The highest BCUT2D eigenvalue weighted by atomic mass is 16.7. The molecule has 0 radical (unpaired) electrons. The molecule has 1 aromatic carbocycles. The average Bonchev–Trinajstić information content (AvgIpc) is 2.78. The number of rotatable bonds is 5. The van der Waals surface area contributed by atoms with Gasteiger partial charge in [0.25, 0.3) is 5.91 Å². The second-order valence-electron chi connectivity index (χ2n) is 10.0. The summed E-state index contributed by atoms with van der Waals surface area (Å²) < 4.78 is 17.6. The lowest BCUT2D eigenvalue weighted by Gasteiger charge is -2.32. The molecule has 1 aliphatic rings. The van der Waals surface area contributed by atoms with Gasteiger partial charge >= 0.3 is 13.2 Å². The van der Waals surface area contributed by atoms with Crippen molar-refractivity contribution in [3.05, 3.63) is 29.3 Å². The number of ether oxygens (including phenoxy) is 1. The molecule has 166 valence electrons. The molecule has 0 unspecified atom stereocenters. The highest BCUT2D eigenvalue weighted by Gasteiger charge is 2.51. The zero-order valence-corrected chi connectivity index (χ0v) is 19.6. The second-order valence-corrected chi connectivity index (χ2v) is 10.0. The third kappa shape index (κ3) is 6.22. The fourth-order valence-electron chi connectivity index (χ4n) is 2.90. The Kier molecular flexibility index (Phi) is 6.94. The van der Waals surface area contributed by atoms with Gasteiger partial charge < -0.3 is 24.7 Å². The molecule has 1 aliphatic heterocycles. The van der Waals surface area contributed by atoms with Crippen LogP contribution in [0.5, 0.6) is 0 Å². The van der Waals surface area contributed by atoms with E-state index in [0.29, 0.717) is 5.56 Å². The summed E-state index contributed by atoms with van der Waals surface area (Å²) in [5.74, 6) is -0.193. The van der Waals surface area contributed by atoms with Crippen molar-refractivity contribution in [3.8, 4) is 0 Å². The van der Waals surface area contributed by atoms with E-state index in [9.17, 15) is 9.59 Å². The number of alkyl carbamates (subject to hydrolysis) is 1. The summed E-state index contributed by atoms with van der Waals surface area (Å²) in [5.41, 5.74) is 0.382. The maximum Gasteiger partial charge on any atom is 0.494 e. The fourth-order valence-corrected chi connectivity index (χ4v) is 2.90. The Bertz CT molecular complexity index is 783. The molecule has 2 amide bonds. The van der Waals surface area contributed by atoms with Gasteiger partial charge in [-0.1, -0.05) is 6.07 Å². The molecule has 1 saturated heterocycles. The molecule has 2 rings (SSSR count). The summed E-state index contributed by atoms with van der Waals surface area (Å²) in [6.07, 6.45) is -0.517. The number of nitrogens with one attached hydrogen (secondary N) is 2.